The smallest absolute Gasteiger partial charge is 0.287 e. The third-order valence-corrected chi connectivity index (χ3v) is 6.31. The standard InChI is InChI=1S/C25H20N2O2S/c28-24-21(26-25(29)30-24)15-19-16-27(22-14-8-7-13-20(19)22)23(17-9-3-1-4-10-17)18-11-5-2-6-12-18/h1-14,16,21,23H,15H2,(H,26,29). The number of aromatic nitrogens is 1. The summed E-state index contributed by atoms with van der Waals surface area (Å²) in [5.41, 5.74) is 4.55. The van der Waals surface area contributed by atoms with Gasteiger partial charge in [-0.2, -0.15) is 0 Å². The number of rotatable bonds is 5. The van der Waals surface area contributed by atoms with Gasteiger partial charge in [0, 0.05) is 35.3 Å². The molecule has 0 saturated carbocycles. The van der Waals surface area contributed by atoms with Crippen molar-refractivity contribution >= 4 is 33.0 Å². The maximum Gasteiger partial charge on any atom is 0.287 e. The first kappa shape index (κ1) is 18.7. The lowest BCUT2D eigenvalue weighted by molar-refractivity contribution is -0.112. The first-order valence-electron chi connectivity index (χ1n) is 9.91. The molecule has 0 aliphatic carbocycles. The summed E-state index contributed by atoms with van der Waals surface area (Å²) in [6, 6.07) is 28.6. The van der Waals surface area contributed by atoms with Gasteiger partial charge < -0.3 is 9.88 Å². The predicted molar refractivity (Wildman–Crippen MR) is 121 cm³/mol. The van der Waals surface area contributed by atoms with Crippen LogP contribution in [0, 0.1) is 0 Å². The maximum atomic E-state index is 12.2. The molecule has 1 aromatic heterocycles. The molecule has 5 heteroatoms. The van der Waals surface area contributed by atoms with Crippen LogP contribution < -0.4 is 5.32 Å². The average molecular weight is 413 g/mol. The van der Waals surface area contributed by atoms with E-state index in [0.29, 0.717) is 6.42 Å². The zero-order chi connectivity index (χ0) is 20.5. The summed E-state index contributed by atoms with van der Waals surface area (Å²) < 4.78 is 2.28. The van der Waals surface area contributed by atoms with Crippen molar-refractivity contribution in [1.29, 1.82) is 0 Å². The van der Waals surface area contributed by atoms with Gasteiger partial charge in [0.1, 0.15) is 6.04 Å². The van der Waals surface area contributed by atoms with Crippen LogP contribution in [-0.4, -0.2) is 21.0 Å². The quantitative estimate of drug-likeness (QED) is 0.492. The first-order chi connectivity index (χ1) is 14.7. The highest BCUT2D eigenvalue weighted by Crippen LogP contribution is 2.34. The van der Waals surface area contributed by atoms with Gasteiger partial charge >= 0.3 is 0 Å². The molecule has 1 saturated heterocycles. The Hall–Kier alpha value is -3.31. The Balaban J connectivity index is 1.65. The van der Waals surface area contributed by atoms with Crippen molar-refractivity contribution in [2.24, 2.45) is 0 Å². The topological polar surface area (TPSA) is 51.1 Å². The van der Waals surface area contributed by atoms with Crippen molar-refractivity contribution in [3.63, 3.8) is 0 Å². The summed E-state index contributed by atoms with van der Waals surface area (Å²) in [6.07, 6.45) is 2.62. The van der Waals surface area contributed by atoms with E-state index in [9.17, 15) is 9.59 Å². The summed E-state index contributed by atoms with van der Waals surface area (Å²) in [5.74, 6) is 0. The molecule has 148 valence electrons. The number of hydrogen-bond acceptors (Lipinski definition) is 3. The molecule has 1 atom stereocenters. The third-order valence-electron chi connectivity index (χ3n) is 5.53. The molecule has 1 aliphatic rings. The molecule has 4 aromatic rings. The van der Waals surface area contributed by atoms with Crippen molar-refractivity contribution in [3.8, 4) is 0 Å². The summed E-state index contributed by atoms with van der Waals surface area (Å²) in [5, 5.41) is 3.51. The van der Waals surface area contributed by atoms with Crippen LogP contribution in [0.3, 0.4) is 0 Å². The maximum absolute atomic E-state index is 12.2. The van der Waals surface area contributed by atoms with E-state index < -0.39 is 6.04 Å². The number of thioether (sulfide) groups is 1. The fraction of sp³-hybridized carbons (Fsp3) is 0.120. The molecule has 4 nitrogen and oxygen atoms in total. The molecule has 2 heterocycles. The van der Waals surface area contributed by atoms with Crippen LogP contribution in [0.4, 0.5) is 4.79 Å². The molecule has 0 radical (unpaired) electrons. The van der Waals surface area contributed by atoms with Gasteiger partial charge in [-0.05, 0) is 22.8 Å². The largest absolute Gasteiger partial charge is 0.336 e. The number of para-hydroxylation sites is 1. The molecule has 3 aromatic carbocycles. The Morgan fingerprint density at radius 1 is 0.833 bits per heavy atom. The number of carbonyl (C=O) groups excluding carboxylic acids is 2. The van der Waals surface area contributed by atoms with Gasteiger partial charge in [-0.3, -0.25) is 9.59 Å². The third kappa shape index (κ3) is 3.42. The van der Waals surface area contributed by atoms with Gasteiger partial charge in [0.05, 0.1) is 6.04 Å². The number of benzene rings is 3. The van der Waals surface area contributed by atoms with E-state index in [2.05, 4.69) is 76.7 Å². The monoisotopic (exact) mass is 412 g/mol. The van der Waals surface area contributed by atoms with Crippen LogP contribution in [0.15, 0.2) is 91.1 Å². The molecular formula is C25H20N2O2S. The van der Waals surface area contributed by atoms with Crippen molar-refractivity contribution in [3.05, 3.63) is 108 Å². The number of nitrogens with one attached hydrogen (secondary N) is 1. The second kappa shape index (κ2) is 7.84. The van der Waals surface area contributed by atoms with Crippen molar-refractivity contribution < 1.29 is 9.59 Å². The van der Waals surface area contributed by atoms with Gasteiger partial charge in [-0.25, -0.2) is 0 Å². The lowest BCUT2D eigenvalue weighted by Gasteiger charge is -2.21. The second-order valence-electron chi connectivity index (χ2n) is 7.41. The van der Waals surface area contributed by atoms with Gasteiger partial charge in [0.15, 0.2) is 0 Å². The van der Waals surface area contributed by atoms with Crippen LogP contribution in [0.25, 0.3) is 10.9 Å². The Morgan fingerprint density at radius 2 is 1.43 bits per heavy atom. The van der Waals surface area contributed by atoms with E-state index in [1.807, 2.05) is 24.3 Å². The van der Waals surface area contributed by atoms with Gasteiger partial charge in [0.25, 0.3) is 5.24 Å². The molecule has 1 aliphatic heterocycles. The molecule has 0 bridgehead atoms. The van der Waals surface area contributed by atoms with Gasteiger partial charge in [-0.1, -0.05) is 78.9 Å². The van der Waals surface area contributed by atoms with E-state index in [1.54, 1.807) is 0 Å². The highest BCUT2D eigenvalue weighted by Gasteiger charge is 2.32. The molecule has 30 heavy (non-hydrogen) atoms. The highest BCUT2D eigenvalue weighted by molar-refractivity contribution is 8.26. The number of nitrogens with zero attached hydrogens (tertiary/aromatic N) is 1. The van der Waals surface area contributed by atoms with Crippen molar-refractivity contribution in [2.45, 2.75) is 18.5 Å². The van der Waals surface area contributed by atoms with E-state index in [-0.39, 0.29) is 16.4 Å². The zero-order valence-corrected chi connectivity index (χ0v) is 17.0. The van der Waals surface area contributed by atoms with E-state index in [1.165, 1.54) is 11.1 Å². The molecule has 1 N–H and O–H groups in total. The summed E-state index contributed by atoms with van der Waals surface area (Å²) in [4.78, 5) is 23.8. The molecule has 1 unspecified atom stereocenters. The van der Waals surface area contributed by atoms with Gasteiger partial charge in [-0.15, -0.1) is 0 Å². The molecule has 5 rings (SSSR count). The van der Waals surface area contributed by atoms with Crippen LogP contribution in [0.1, 0.15) is 22.7 Å². The molecule has 1 amide bonds. The lowest BCUT2D eigenvalue weighted by atomic mass is 9.98. The fourth-order valence-corrected chi connectivity index (χ4v) is 4.85. The second-order valence-corrected chi connectivity index (χ2v) is 8.39. The van der Waals surface area contributed by atoms with Crippen LogP contribution >= 0.6 is 11.8 Å². The lowest BCUT2D eigenvalue weighted by Crippen LogP contribution is -2.30. The normalized spacial score (nSPS) is 16.4. The summed E-state index contributed by atoms with van der Waals surface area (Å²) in [7, 11) is 0. The molecular weight excluding hydrogens is 392 g/mol. The number of hydrogen-bond donors (Lipinski definition) is 1. The summed E-state index contributed by atoms with van der Waals surface area (Å²) >= 11 is 0.764. The average Bonchev–Trinajstić information content (AvgIpc) is 3.29. The van der Waals surface area contributed by atoms with Crippen LogP contribution in [0.2, 0.25) is 0 Å². The Morgan fingerprint density at radius 3 is 2.03 bits per heavy atom. The van der Waals surface area contributed by atoms with Crippen molar-refractivity contribution in [2.75, 3.05) is 0 Å². The Kier molecular flexibility index (Phi) is 4.89. The Labute approximate surface area is 178 Å². The zero-order valence-electron chi connectivity index (χ0n) is 16.2. The van der Waals surface area contributed by atoms with Gasteiger partial charge in [0.2, 0.25) is 5.12 Å². The van der Waals surface area contributed by atoms with E-state index in [4.69, 9.17) is 0 Å². The van der Waals surface area contributed by atoms with Crippen molar-refractivity contribution in [1.82, 2.24) is 9.88 Å². The van der Waals surface area contributed by atoms with E-state index >= 15 is 0 Å². The minimum absolute atomic E-state index is 0.00861. The molecule has 1 fully saturated rings. The first-order valence-corrected chi connectivity index (χ1v) is 10.7. The highest BCUT2D eigenvalue weighted by atomic mass is 32.2. The van der Waals surface area contributed by atoms with Crippen LogP contribution in [0.5, 0.6) is 0 Å². The number of carbonyl (C=O) groups is 2. The minimum atomic E-state index is -0.478. The predicted octanol–water partition coefficient (Wildman–Crippen LogP) is 5.17. The fourth-order valence-electron chi connectivity index (χ4n) is 4.19. The number of fused-ring (bicyclic) bond motifs is 1. The summed E-state index contributed by atoms with van der Waals surface area (Å²) in [6.45, 7) is 0. The Bertz CT molecular complexity index is 1180. The number of amides is 1. The SMILES string of the molecule is O=C1NC(Cc2cn(C(c3ccccc3)c3ccccc3)c3ccccc23)C(=O)S1. The van der Waals surface area contributed by atoms with Crippen LogP contribution in [-0.2, 0) is 11.2 Å². The van der Waals surface area contributed by atoms with E-state index in [0.717, 1.165) is 28.2 Å². The molecule has 0 spiro atoms. The minimum Gasteiger partial charge on any atom is -0.336 e.